The molecule has 0 bridgehead atoms. The van der Waals surface area contributed by atoms with Gasteiger partial charge in [-0.1, -0.05) is 27.2 Å². The van der Waals surface area contributed by atoms with Gasteiger partial charge in [0.25, 0.3) is 0 Å². The first-order valence-corrected chi connectivity index (χ1v) is 13.9. The number of amides is 1. The summed E-state index contributed by atoms with van der Waals surface area (Å²) in [6, 6.07) is 0.338. The Hall–Kier alpha value is -2.71. The lowest BCUT2D eigenvalue weighted by atomic mass is 9.78. The maximum absolute atomic E-state index is 11.6. The van der Waals surface area contributed by atoms with E-state index in [2.05, 4.69) is 74.6 Å². The molecule has 36 heavy (non-hydrogen) atoms. The van der Waals surface area contributed by atoms with Gasteiger partial charge in [0.2, 0.25) is 5.91 Å². The van der Waals surface area contributed by atoms with Gasteiger partial charge in [0.05, 0.1) is 12.2 Å². The Kier molecular flexibility index (Phi) is 6.45. The second kappa shape index (κ2) is 9.30. The highest BCUT2D eigenvalue weighted by Crippen LogP contribution is 2.48. The number of nitrogens with one attached hydrogen (secondary N) is 1. The number of aromatic amines is 1. The fraction of sp³-hybridized carbons (Fsp3) is 0.536. The predicted molar refractivity (Wildman–Crippen MR) is 148 cm³/mol. The smallest absolute Gasteiger partial charge is 0.231 e. The van der Waals surface area contributed by atoms with E-state index >= 15 is 0 Å². The Morgan fingerprint density at radius 1 is 1.25 bits per heavy atom. The second-order valence-electron chi connectivity index (χ2n) is 10.9. The van der Waals surface area contributed by atoms with Gasteiger partial charge in [-0.2, -0.15) is 5.10 Å². The van der Waals surface area contributed by atoms with Crippen molar-refractivity contribution in [3.05, 3.63) is 39.7 Å². The number of fused-ring (bicyclic) bond motifs is 2. The van der Waals surface area contributed by atoms with Crippen LogP contribution in [0.4, 0.5) is 0 Å². The van der Waals surface area contributed by atoms with Gasteiger partial charge in [-0.3, -0.25) is 9.69 Å². The van der Waals surface area contributed by atoms with Crippen LogP contribution in [0, 0.1) is 26.7 Å². The highest BCUT2D eigenvalue weighted by Gasteiger charge is 2.36. The van der Waals surface area contributed by atoms with Crippen molar-refractivity contribution in [2.45, 2.75) is 79.2 Å². The van der Waals surface area contributed by atoms with Crippen molar-refractivity contribution in [2.75, 3.05) is 13.1 Å². The largest absolute Gasteiger partial charge is 0.369 e. The van der Waals surface area contributed by atoms with Gasteiger partial charge in [-0.25, -0.2) is 9.50 Å². The maximum Gasteiger partial charge on any atom is 0.231 e. The molecule has 1 aliphatic rings. The molecule has 192 valence electrons. The Labute approximate surface area is 217 Å². The zero-order chi connectivity index (χ0) is 25.9. The van der Waals surface area contributed by atoms with Crippen LogP contribution in [-0.2, 0) is 4.79 Å². The number of hydrogen-bond donors (Lipinski definition) is 2. The molecule has 5 heterocycles. The first-order chi connectivity index (χ1) is 17.1. The molecule has 4 aromatic heterocycles. The van der Waals surface area contributed by atoms with E-state index in [4.69, 9.17) is 5.73 Å². The van der Waals surface area contributed by atoms with Crippen LogP contribution < -0.4 is 5.73 Å². The number of aryl methyl sites for hydroxylation is 2. The maximum atomic E-state index is 11.6. The van der Waals surface area contributed by atoms with Gasteiger partial charge in [-0.05, 0) is 74.1 Å². The molecular formula is C28H38N6OS. The van der Waals surface area contributed by atoms with Gasteiger partial charge >= 0.3 is 0 Å². The number of H-pyrrole nitrogens is 1. The van der Waals surface area contributed by atoms with Crippen LogP contribution >= 0.6 is 11.3 Å². The second-order valence-corrected chi connectivity index (χ2v) is 12.0. The van der Waals surface area contributed by atoms with Crippen LogP contribution in [0.3, 0.4) is 0 Å². The van der Waals surface area contributed by atoms with Crippen LogP contribution in [-0.4, -0.2) is 49.5 Å². The number of aromatic nitrogens is 4. The molecule has 3 N–H and O–H groups in total. The lowest BCUT2D eigenvalue weighted by Crippen LogP contribution is -2.48. The molecule has 1 fully saturated rings. The van der Waals surface area contributed by atoms with E-state index < -0.39 is 0 Å². The third-order valence-electron chi connectivity index (χ3n) is 8.41. The van der Waals surface area contributed by atoms with E-state index in [1.807, 2.05) is 15.9 Å². The molecule has 0 aliphatic carbocycles. The summed E-state index contributed by atoms with van der Waals surface area (Å²) in [4.78, 5) is 24.9. The molecule has 1 amide bonds. The predicted octanol–water partition coefficient (Wildman–Crippen LogP) is 5.68. The van der Waals surface area contributed by atoms with Crippen molar-refractivity contribution in [1.29, 1.82) is 0 Å². The minimum absolute atomic E-state index is 0.237. The standard InChI is InChI=1S/C28H38N6OS/c1-8-19-10-33(12-22(29)35)15(4)9-20(19)26-18(7)24-23(14(2)3)25(32-28(24)36-26)21-11-34-27(30-13-31-34)17(6)16(21)5/h11,13-15,19-20,32H,8-10,12H2,1-7H3,(H2,29,35)/t15-,19-,20-/m0/s1. The molecule has 5 rings (SSSR count). The number of likely N-dealkylation sites (tertiary alicyclic amines) is 1. The quantitative estimate of drug-likeness (QED) is 0.352. The van der Waals surface area contributed by atoms with Crippen molar-refractivity contribution < 1.29 is 4.79 Å². The minimum atomic E-state index is -0.237. The van der Waals surface area contributed by atoms with Crippen molar-refractivity contribution in [2.24, 2.45) is 11.7 Å². The van der Waals surface area contributed by atoms with E-state index in [9.17, 15) is 4.79 Å². The van der Waals surface area contributed by atoms with Gasteiger partial charge < -0.3 is 10.7 Å². The summed E-state index contributed by atoms with van der Waals surface area (Å²) >= 11 is 1.93. The van der Waals surface area contributed by atoms with Crippen molar-refractivity contribution >= 4 is 33.1 Å². The molecule has 0 radical (unpaired) electrons. The highest BCUT2D eigenvalue weighted by molar-refractivity contribution is 7.19. The van der Waals surface area contributed by atoms with Crippen LogP contribution in [0.5, 0.6) is 0 Å². The van der Waals surface area contributed by atoms with Crippen molar-refractivity contribution in [3.8, 4) is 11.3 Å². The van der Waals surface area contributed by atoms with Crippen molar-refractivity contribution in [3.63, 3.8) is 0 Å². The molecule has 1 saturated heterocycles. The summed E-state index contributed by atoms with van der Waals surface area (Å²) in [6.07, 6.45) is 5.89. The fourth-order valence-corrected chi connectivity index (χ4v) is 7.75. The van der Waals surface area contributed by atoms with Gasteiger partial charge in [0, 0.05) is 34.6 Å². The number of piperidine rings is 1. The summed E-state index contributed by atoms with van der Waals surface area (Å²) in [5, 5.41) is 5.81. The number of nitrogens with two attached hydrogens (primary N) is 1. The Balaban J connectivity index is 1.61. The lowest BCUT2D eigenvalue weighted by molar-refractivity contribution is -0.120. The van der Waals surface area contributed by atoms with Gasteiger partial charge in [0.15, 0.2) is 5.65 Å². The van der Waals surface area contributed by atoms with Crippen LogP contribution in [0.2, 0.25) is 0 Å². The average Bonchev–Trinajstić information content (AvgIpc) is 3.52. The zero-order valence-electron chi connectivity index (χ0n) is 22.5. The molecule has 0 aromatic carbocycles. The molecule has 1 aliphatic heterocycles. The average molecular weight is 507 g/mol. The molecule has 7 nitrogen and oxygen atoms in total. The van der Waals surface area contributed by atoms with Crippen LogP contribution in [0.15, 0.2) is 12.5 Å². The Bertz CT molecular complexity index is 1440. The number of primary amides is 1. The molecule has 8 heteroatoms. The third kappa shape index (κ3) is 3.95. The van der Waals surface area contributed by atoms with Gasteiger partial charge in [0.1, 0.15) is 11.2 Å². The van der Waals surface area contributed by atoms with E-state index in [-0.39, 0.29) is 5.91 Å². The number of nitrogens with zero attached hydrogens (tertiary/aromatic N) is 4. The molecule has 0 saturated carbocycles. The summed E-state index contributed by atoms with van der Waals surface area (Å²) < 4.78 is 1.89. The monoisotopic (exact) mass is 506 g/mol. The summed E-state index contributed by atoms with van der Waals surface area (Å²) in [5.74, 6) is 1.15. The molecular weight excluding hydrogens is 468 g/mol. The number of thiophene rings is 1. The first kappa shape index (κ1) is 25.0. The number of carbonyl (C=O) groups excluding carboxylic acids is 1. The molecule has 4 aromatic rings. The number of rotatable bonds is 6. The minimum Gasteiger partial charge on any atom is -0.369 e. The van der Waals surface area contributed by atoms with Crippen LogP contribution in [0.25, 0.3) is 27.1 Å². The summed E-state index contributed by atoms with van der Waals surface area (Å²) in [5.41, 5.74) is 14.1. The molecule has 0 unspecified atom stereocenters. The molecule has 0 spiro atoms. The molecule has 3 atom stereocenters. The van der Waals surface area contributed by atoms with E-state index in [1.165, 1.54) is 43.0 Å². The number of hydrogen-bond acceptors (Lipinski definition) is 5. The SMILES string of the molecule is CC[C@H]1CN(CC(N)=O)[C@@H](C)C[C@@H]1c1sc2[nH]c(-c3cn4ncnc4c(C)c3C)c(C(C)C)c2c1C. The van der Waals surface area contributed by atoms with E-state index in [0.717, 1.165) is 30.6 Å². The number of carbonyl (C=O) groups is 1. The zero-order valence-corrected chi connectivity index (χ0v) is 23.3. The highest BCUT2D eigenvalue weighted by atomic mass is 32.1. The lowest BCUT2D eigenvalue weighted by Gasteiger charge is -2.42. The summed E-state index contributed by atoms with van der Waals surface area (Å²) in [7, 11) is 0. The topological polar surface area (TPSA) is 92.3 Å². The van der Waals surface area contributed by atoms with Crippen LogP contribution in [0.1, 0.15) is 79.5 Å². The fourth-order valence-electron chi connectivity index (χ4n) is 6.32. The first-order valence-electron chi connectivity index (χ1n) is 13.1. The van der Waals surface area contributed by atoms with Crippen molar-refractivity contribution in [1.82, 2.24) is 24.5 Å². The van der Waals surface area contributed by atoms with E-state index in [0.29, 0.717) is 30.3 Å². The van der Waals surface area contributed by atoms with E-state index in [1.54, 1.807) is 6.33 Å². The normalized spacial score (nSPS) is 21.3. The Morgan fingerprint density at radius 2 is 2.00 bits per heavy atom. The third-order valence-corrected chi connectivity index (χ3v) is 9.75. The Morgan fingerprint density at radius 3 is 2.67 bits per heavy atom. The van der Waals surface area contributed by atoms with Gasteiger partial charge in [-0.15, -0.1) is 11.3 Å². The number of pyridine rings is 1. The summed E-state index contributed by atoms with van der Waals surface area (Å²) in [6.45, 7) is 17.0.